The summed E-state index contributed by atoms with van der Waals surface area (Å²) >= 11 is 0. The highest BCUT2D eigenvalue weighted by molar-refractivity contribution is 5.85. The number of hydrogen-bond acceptors (Lipinski definition) is 3. The Bertz CT molecular complexity index is 516. The lowest BCUT2D eigenvalue weighted by Gasteiger charge is -2.25. The summed E-state index contributed by atoms with van der Waals surface area (Å²) in [5.41, 5.74) is 2.25. The van der Waals surface area contributed by atoms with Gasteiger partial charge in [-0.25, -0.2) is 0 Å². The first-order valence-corrected chi connectivity index (χ1v) is 9.05. The van der Waals surface area contributed by atoms with E-state index in [1.807, 2.05) is 18.2 Å². The zero-order valence-corrected chi connectivity index (χ0v) is 15.1. The number of nitrogens with one attached hydrogen (secondary N) is 2. The van der Waals surface area contributed by atoms with E-state index in [1.165, 1.54) is 44.1 Å². The fourth-order valence-electron chi connectivity index (χ4n) is 3.65. The third-order valence-corrected chi connectivity index (χ3v) is 4.94. The Kier molecular flexibility index (Phi) is 8.03. The first-order chi connectivity index (χ1) is 11.3. The number of hydrogen-bond donors (Lipinski definition) is 2. The number of ether oxygens (including phenoxy) is 1. The first kappa shape index (κ1) is 19.2. The number of rotatable bonds is 5. The molecule has 1 heterocycles. The molecule has 1 fully saturated rings. The third-order valence-electron chi connectivity index (χ3n) is 4.94. The Morgan fingerprint density at radius 2 is 1.83 bits per heavy atom. The minimum Gasteiger partial charge on any atom is -0.363 e. The molecule has 0 bridgehead atoms. The molecule has 1 saturated carbocycles. The summed E-state index contributed by atoms with van der Waals surface area (Å²) < 4.78 is 5.70. The lowest BCUT2D eigenvalue weighted by molar-refractivity contribution is -0.134. The second-order valence-corrected chi connectivity index (χ2v) is 6.63. The van der Waals surface area contributed by atoms with Crippen molar-refractivity contribution in [1.82, 2.24) is 10.6 Å². The fraction of sp³-hybridized carbons (Fsp3) is 0.632. The lowest BCUT2D eigenvalue weighted by atomic mass is 9.97. The molecule has 1 aliphatic heterocycles. The molecule has 24 heavy (non-hydrogen) atoms. The second kappa shape index (κ2) is 10.0. The van der Waals surface area contributed by atoms with Gasteiger partial charge in [-0.2, -0.15) is 0 Å². The molecule has 0 spiro atoms. The molecule has 5 heteroatoms. The molecule has 134 valence electrons. The molecule has 4 nitrogen and oxygen atoms in total. The highest BCUT2D eigenvalue weighted by Crippen LogP contribution is 2.26. The van der Waals surface area contributed by atoms with Crippen LogP contribution in [0.1, 0.15) is 55.8 Å². The average Bonchev–Trinajstić information content (AvgIpc) is 2.87. The van der Waals surface area contributed by atoms with Gasteiger partial charge in [-0.05, 0) is 30.4 Å². The van der Waals surface area contributed by atoms with Gasteiger partial charge in [-0.3, -0.25) is 4.79 Å². The summed E-state index contributed by atoms with van der Waals surface area (Å²) in [7, 11) is 0. The molecule has 1 atom stereocenters. The highest BCUT2D eigenvalue weighted by Gasteiger charge is 2.26. The maximum atomic E-state index is 12.4. The van der Waals surface area contributed by atoms with Gasteiger partial charge < -0.3 is 15.4 Å². The van der Waals surface area contributed by atoms with Gasteiger partial charge in [0.05, 0.1) is 6.61 Å². The monoisotopic (exact) mass is 352 g/mol. The predicted molar refractivity (Wildman–Crippen MR) is 98.6 cm³/mol. The van der Waals surface area contributed by atoms with Gasteiger partial charge in [-0.1, -0.05) is 49.9 Å². The number of fused-ring (bicyclic) bond motifs is 1. The molecule has 0 saturated heterocycles. The standard InChI is InChI=1S/C19H28N2O2.ClH/c22-19(18-17-10-6-5-7-15(17)11-14-23-18)21-13-12-20-16-8-3-1-2-4-9-16;/h5-7,10,16,18,20H,1-4,8-9,11-14H2,(H,21,22);1H. The van der Waals surface area contributed by atoms with Crippen LogP contribution in [0.25, 0.3) is 0 Å². The summed E-state index contributed by atoms with van der Waals surface area (Å²) in [5.74, 6) is -0.0141. The second-order valence-electron chi connectivity index (χ2n) is 6.63. The zero-order chi connectivity index (χ0) is 15.9. The molecule has 3 rings (SSSR count). The van der Waals surface area contributed by atoms with Crippen LogP contribution in [-0.2, 0) is 16.0 Å². The Labute approximate surface area is 151 Å². The van der Waals surface area contributed by atoms with Crippen LogP contribution in [0, 0.1) is 0 Å². The molecule has 1 aliphatic carbocycles. The largest absolute Gasteiger partial charge is 0.363 e. The Morgan fingerprint density at radius 1 is 1.08 bits per heavy atom. The topological polar surface area (TPSA) is 50.4 Å². The van der Waals surface area contributed by atoms with Crippen LogP contribution in [0.15, 0.2) is 24.3 Å². The van der Waals surface area contributed by atoms with Crippen molar-refractivity contribution in [3.8, 4) is 0 Å². The SMILES string of the molecule is Cl.O=C(NCCNC1CCCCCC1)C1OCCc2ccccc21. The zero-order valence-electron chi connectivity index (χ0n) is 14.3. The van der Waals surface area contributed by atoms with Gasteiger partial charge in [0, 0.05) is 19.1 Å². The maximum absolute atomic E-state index is 12.4. The highest BCUT2D eigenvalue weighted by atomic mass is 35.5. The van der Waals surface area contributed by atoms with Crippen LogP contribution in [0.4, 0.5) is 0 Å². The van der Waals surface area contributed by atoms with Crippen molar-refractivity contribution in [3.05, 3.63) is 35.4 Å². The Hall–Kier alpha value is -1.10. The average molecular weight is 353 g/mol. The minimum absolute atomic E-state index is 0. The van der Waals surface area contributed by atoms with Crippen molar-refractivity contribution >= 4 is 18.3 Å². The van der Waals surface area contributed by atoms with Crippen molar-refractivity contribution in [3.63, 3.8) is 0 Å². The van der Waals surface area contributed by atoms with E-state index in [1.54, 1.807) is 0 Å². The van der Waals surface area contributed by atoms with E-state index in [9.17, 15) is 4.79 Å². The molecule has 1 aromatic rings. The van der Waals surface area contributed by atoms with Gasteiger partial charge >= 0.3 is 0 Å². The van der Waals surface area contributed by atoms with E-state index in [0.29, 0.717) is 19.2 Å². The van der Waals surface area contributed by atoms with Gasteiger partial charge in [0.25, 0.3) is 5.91 Å². The maximum Gasteiger partial charge on any atom is 0.253 e. The first-order valence-electron chi connectivity index (χ1n) is 9.05. The van der Waals surface area contributed by atoms with Crippen LogP contribution in [0.5, 0.6) is 0 Å². The van der Waals surface area contributed by atoms with Crippen LogP contribution in [-0.4, -0.2) is 31.6 Å². The fourth-order valence-corrected chi connectivity index (χ4v) is 3.65. The minimum atomic E-state index is -0.446. The van der Waals surface area contributed by atoms with E-state index in [2.05, 4.69) is 16.7 Å². The smallest absolute Gasteiger partial charge is 0.253 e. The van der Waals surface area contributed by atoms with Gasteiger partial charge in [-0.15, -0.1) is 12.4 Å². The molecule has 1 amide bonds. The number of benzene rings is 1. The normalized spacial score (nSPS) is 21.2. The van der Waals surface area contributed by atoms with Gasteiger partial charge in [0.1, 0.15) is 0 Å². The summed E-state index contributed by atoms with van der Waals surface area (Å²) in [6.45, 7) is 2.12. The molecule has 1 aromatic carbocycles. The molecular weight excluding hydrogens is 324 g/mol. The van der Waals surface area contributed by atoms with Crippen molar-refractivity contribution in [1.29, 1.82) is 0 Å². The van der Waals surface area contributed by atoms with E-state index < -0.39 is 6.10 Å². The molecule has 0 radical (unpaired) electrons. The van der Waals surface area contributed by atoms with E-state index in [0.717, 1.165) is 18.5 Å². The van der Waals surface area contributed by atoms with Crippen LogP contribution in [0.2, 0.25) is 0 Å². The molecular formula is C19H29ClN2O2. The third kappa shape index (κ3) is 5.20. The Balaban J connectivity index is 0.00000208. The predicted octanol–water partition coefficient (Wildman–Crippen LogP) is 3.15. The number of halogens is 1. The van der Waals surface area contributed by atoms with E-state index in [-0.39, 0.29) is 18.3 Å². The quantitative estimate of drug-likeness (QED) is 0.632. The van der Waals surface area contributed by atoms with Crippen molar-refractivity contribution < 1.29 is 9.53 Å². The summed E-state index contributed by atoms with van der Waals surface area (Å²) in [6, 6.07) is 8.71. The van der Waals surface area contributed by atoms with Crippen molar-refractivity contribution in [2.45, 2.75) is 57.1 Å². The molecule has 1 unspecified atom stereocenters. The van der Waals surface area contributed by atoms with Gasteiger partial charge in [0.2, 0.25) is 0 Å². The number of amides is 1. The molecule has 2 aliphatic rings. The van der Waals surface area contributed by atoms with Crippen molar-refractivity contribution in [2.24, 2.45) is 0 Å². The Morgan fingerprint density at radius 3 is 2.62 bits per heavy atom. The van der Waals surface area contributed by atoms with Crippen molar-refractivity contribution in [2.75, 3.05) is 19.7 Å². The van der Waals surface area contributed by atoms with Crippen LogP contribution in [0.3, 0.4) is 0 Å². The molecule has 0 aromatic heterocycles. The lowest BCUT2D eigenvalue weighted by Crippen LogP contribution is -2.39. The number of carbonyl (C=O) groups is 1. The van der Waals surface area contributed by atoms with Crippen LogP contribution >= 0.6 is 12.4 Å². The summed E-state index contributed by atoms with van der Waals surface area (Å²) in [6.07, 6.45) is 8.38. The number of carbonyl (C=O) groups excluding carboxylic acids is 1. The summed E-state index contributed by atoms with van der Waals surface area (Å²) in [4.78, 5) is 12.4. The summed E-state index contributed by atoms with van der Waals surface area (Å²) in [5, 5.41) is 6.61. The van der Waals surface area contributed by atoms with E-state index in [4.69, 9.17) is 4.74 Å². The van der Waals surface area contributed by atoms with E-state index >= 15 is 0 Å². The molecule has 2 N–H and O–H groups in total. The van der Waals surface area contributed by atoms with Crippen LogP contribution < -0.4 is 10.6 Å². The van der Waals surface area contributed by atoms with Gasteiger partial charge in [0.15, 0.2) is 6.10 Å².